The largest absolute Gasteiger partial charge is 0.466 e. The van der Waals surface area contributed by atoms with Crippen LogP contribution >= 0.6 is 0 Å². The molecule has 0 unspecified atom stereocenters. The second kappa shape index (κ2) is 6.70. The summed E-state index contributed by atoms with van der Waals surface area (Å²) in [6.07, 6.45) is -0.130. The number of hydroxylamine groups is 2. The first-order chi connectivity index (χ1) is 11.5. The maximum absolute atomic E-state index is 12.6. The Hall–Kier alpha value is -2.25. The number of Topliss-reactive ketones (excluding diaryl/α,β-unsaturated/α-hetero) is 1. The van der Waals surface area contributed by atoms with Gasteiger partial charge in [-0.2, -0.15) is 5.06 Å². The lowest BCUT2D eigenvalue weighted by Gasteiger charge is -2.28. The maximum atomic E-state index is 12.6. The highest BCUT2D eigenvalue weighted by Crippen LogP contribution is 2.43. The Balaban J connectivity index is 1.99. The molecule has 0 radical (unpaired) electrons. The van der Waals surface area contributed by atoms with Gasteiger partial charge in [0, 0.05) is 5.69 Å². The number of fused-ring (bicyclic) bond motifs is 3. The van der Waals surface area contributed by atoms with E-state index in [1.807, 2.05) is 18.2 Å². The molecule has 24 heavy (non-hydrogen) atoms. The standard InChI is InChI=1S/C17H20N2O5/c1-3-23-15(21)8-14-17(22)18-13-7-5-4-6-11(13)16-12(10(2)20)9-24-19(14)16/h4-7,12,14,16H,3,8-9H2,1-2H3,(H,18,22)/t12-,14+,16+/m0/s1. The van der Waals surface area contributed by atoms with Crippen molar-refractivity contribution in [2.45, 2.75) is 32.4 Å². The number of esters is 1. The van der Waals surface area contributed by atoms with Crippen molar-refractivity contribution in [3.63, 3.8) is 0 Å². The van der Waals surface area contributed by atoms with Gasteiger partial charge in [0.2, 0.25) is 5.91 Å². The first-order valence-electron chi connectivity index (χ1n) is 8.00. The van der Waals surface area contributed by atoms with Gasteiger partial charge in [0.05, 0.1) is 31.6 Å². The summed E-state index contributed by atoms with van der Waals surface area (Å²) >= 11 is 0. The molecule has 1 N–H and O–H groups in total. The van der Waals surface area contributed by atoms with Crippen LogP contribution in [0.15, 0.2) is 24.3 Å². The summed E-state index contributed by atoms with van der Waals surface area (Å²) in [6, 6.07) is 6.07. The van der Waals surface area contributed by atoms with E-state index in [0.717, 1.165) is 5.56 Å². The van der Waals surface area contributed by atoms with E-state index in [2.05, 4.69) is 5.32 Å². The van der Waals surface area contributed by atoms with Crippen LogP contribution in [0.3, 0.4) is 0 Å². The molecule has 0 spiro atoms. The number of hydrogen-bond donors (Lipinski definition) is 1. The van der Waals surface area contributed by atoms with Crippen LogP contribution in [-0.4, -0.2) is 42.0 Å². The van der Waals surface area contributed by atoms with Gasteiger partial charge in [0.25, 0.3) is 0 Å². The van der Waals surface area contributed by atoms with Crippen LogP contribution in [-0.2, 0) is 24.0 Å². The number of ether oxygens (including phenoxy) is 1. The maximum Gasteiger partial charge on any atom is 0.308 e. The van der Waals surface area contributed by atoms with Crippen molar-refractivity contribution >= 4 is 23.3 Å². The van der Waals surface area contributed by atoms with Crippen molar-refractivity contribution in [2.24, 2.45) is 5.92 Å². The van der Waals surface area contributed by atoms with E-state index >= 15 is 0 Å². The summed E-state index contributed by atoms with van der Waals surface area (Å²) in [5, 5.41) is 4.32. The van der Waals surface area contributed by atoms with E-state index in [1.165, 1.54) is 12.0 Å². The Morgan fingerprint density at radius 3 is 2.83 bits per heavy atom. The van der Waals surface area contributed by atoms with Gasteiger partial charge in [-0.25, -0.2) is 0 Å². The second-order valence-electron chi connectivity index (χ2n) is 5.92. The molecule has 2 aliphatic rings. The van der Waals surface area contributed by atoms with Crippen molar-refractivity contribution in [3.05, 3.63) is 29.8 Å². The number of para-hydroxylation sites is 1. The highest BCUT2D eigenvalue weighted by atomic mass is 16.7. The van der Waals surface area contributed by atoms with Crippen molar-refractivity contribution in [3.8, 4) is 0 Å². The number of nitrogens with zero attached hydrogens (tertiary/aromatic N) is 1. The third kappa shape index (κ3) is 2.92. The van der Waals surface area contributed by atoms with Gasteiger partial charge in [-0.3, -0.25) is 19.2 Å². The number of ketones is 1. The molecule has 1 fully saturated rings. The first-order valence-corrected chi connectivity index (χ1v) is 8.00. The van der Waals surface area contributed by atoms with Gasteiger partial charge in [-0.1, -0.05) is 18.2 Å². The molecule has 7 heteroatoms. The van der Waals surface area contributed by atoms with E-state index in [1.54, 1.807) is 13.0 Å². The fraction of sp³-hybridized carbons (Fsp3) is 0.471. The Labute approximate surface area is 139 Å². The lowest BCUT2D eigenvalue weighted by atomic mass is 9.90. The fourth-order valence-corrected chi connectivity index (χ4v) is 3.25. The summed E-state index contributed by atoms with van der Waals surface area (Å²) in [4.78, 5) is 42.2. The molecule has 128 valence electrons. The molecule has 1 saturated heterocycles. The third-order valence-electron chi connectivity index (χ3n) is 4.39. The lowest BCUT2D eigenvalue weighted by Crippen LogP contribution is -2.43. The molecule has 3 atom stereocenters. The molecule has 1 aromatic rings. The zero-order valence-electron chi connectivity index (χ0n) is 13.7. The smallest absolute Gasteiger partial charge is 0.308 e. The number of benzene rings is 1. The van der Waals surface area contributed by atoms with Crippen LogP contribution in [0.1, 0.15) is 31.9 Å². The summed E-state index contributed by atoms with van der Waals surface area (Å²) in [5.74, 6) is -1.22. The van der Waals surface area contributed by atoms with Crippen LogP contribution in [0.25, 0.3) is 0 Å². The van der Waals surface area contributed by atoms with Gasteiger partial charge >= 0.3 is 5.97 Å². The van der Waals surface area contributed by atoms with Crippen LogP contribution < -0.4 is 5.32 Å². The molecule has 7 nitrogen and oxygen atoms in total. The average molecular weight is 332 g/mol. The number of anilines is 1. The molecule has 0 aromatic heterocycles. The van der Waals surface area contributed by atoms with Crippen molar-refractivity contribution in [1.29, 1.82) is 0 Å². The molecule has 2 aliphatic heterocycles. The fourth-order valence-electron chi connectivity index (χ4n) is 3.25. The molecule has 3 rings (SSSR count). The lowest BCUT2D eigenvalue weighted by molar-refractivity contribution is -0.178. The summed E-state index contributed by atoms with van der Waals surface area (Å²) < 4.78 is 4.97. The SMILES string of the molecule is CCOC(=O)C[C@@H]1C(=O)Nc2ccccc2[C@@H]2[C@H](C(C)=O)CON12. The van der Waals surface area contributed by atoms with Gasteiger partial charge < -0.3 is 10.1 Å². The third-order valence-corrected chi connectivity index (χ3v) is 4.39. The molecular weight excluding hydrogens is 312 g/mol. The Morgan fingerprint density at radius 1 is 1.38 bits per heavy atom. The van der Waals surface area contributed by atoms with Gasteiger partial charge in [0.15, 0.2) is 0 Å². The second-order valence-corrected chi connectivity index (χ2v) is 5.92. The molecule has 0 saturated carbocycles. The normalized spacial score (nSPS) is 26.1. The van der Waals surface area contributed by atoms with Crippen LogP contribution in [0.5, 0.6) is 0 Å². The van der Waals surface area contributed by atoms with E-state index in [4.69, 9.17) is 9.57 Å². The molecule has 0 aliphatic carbocycles. The Morgan fingerprint density at radius 2 is 2.12 bits per heavy atom. The molecule has 1 aromatic carbocycles. The predicted octanol–water partition coefficient (Wildman–Crippen LogP) is 1.45. The number of hydrogen-bond acceptors (Lipinski definition) is 6. The van der Waals surface area contributed by atoms with E-state index in [0.29, 0.717) is 5.69 Å². The van der Waals surface area contributed by atoms with Gasteiger partial charge in [-0.05, 0) is 25.5 Å². The summed E-state index contributed by atoms with van der Waals surface area (Å²) in [7, 11) is 0. The zero-order chi connectivity index (χ0) is 17.3. The van der Waals surface area contributed by atoms with Crippen LogP contribution in [0.4, 0.5) is 5.69 Å². The van der Waals surface area contributed by atoms with Crippen molar-refractivity contribution in [2.75, 3.05) is 18.5 Å². The molecule has 1 amide bonds. The number of carbonyl (C=O) groups is 3. The van der Waals surface area contributed by atoms with Crippen molar-refractivity contribution < 1.29 is 24.0 Å². The Bertz CT molecular complexity index is 675. The number of carbonyl (C=O) groups excluding carboxylic acids is 3. The topological polar surface area (TPSA) is 84.9 Å². The minimum atomic E-state index is -0.842. The van der Waals surface area contributed by atoms with E-state index < -0.39 is 18.1 Å². The number of amides is 1. The predicted molar refractivity (Wildman–Crippen MR) is 84.8 cm³/mol. The van der Waals surface area contributed by atoms with Gasteiger partial charge in [-0.15, -0.1) is 0 Å². The van der Waals surface area contributed by atoms with Gasteiger partial charge in [0.1, 0.15) is 11.8 Å². The minimum Gasteiger partial charge on any atom is -0.466 e. The van der Waals surface area contributed by atoms with Crippen LogP contribution in [0.2, 0.25) is 0 Å². The summed E-state index contributed by atoms with van der Waals surface area (Å²) in [6.45, 7) is 3.66. The molecule has 2 heterocycles. The zero-order valence-corrected chi connectivity index (χ0v) is 13.7. The number of rotatable bonds is 4. The Kier molecular flexibility index (Phi) is 4.64. The highest BCUT2D eigenvalue weighted by molar-refractivity contribution is 5.98. The monoisotopic (exact) mass is 332 g/mol. The first kappa shape index (κ1) is 16.6. The highest BCUT2D eigenvalue weighted by Gasteiger charge is 2.48. The minimum absolute atomic E-state index is 0.0125. The van der Waals surface area contributed by atoms with E-state index in [9.17, 15) is 14.4 Å². The number of nitrogens with one attached hydrogen (secondary N) is 1. The average Bonchev–Trinajstić information content (AvgIpc) is 2.93. The quantitative estimate of drug-likeness (QED) is 0.840. The molecular formula is C17H20N2O5. The van der Waals surface area contributed by atoms with Crippen LogP contribution in [0, 0.1) is 5.92 Å². The molecule has 0 bridgehead atoms. The summed E-state index contributed by atoms with van der Waals surface area (Å²) in [5.41, 5.74) is 1.45. The van der Waals surface area contributed by atoms with Crippen molar-refractivity contribution in [1.82, 2.24) is 5.06 Å². The van der Waals surface area contributed by atoms with E-state index in [-0.39, 0.29) is 37.2 Å².